The number of nitro groups is 1. The van der Waals surface area contributed by atoms with Crippen LogP contribution >= 0.6 is 0 Å². The van der Waals surface area contributed by atoms with Gasteiger partial charge in [0.25, 0.3) is 11.6 Å². The average Bonchev–Trinajstić information content (AvgIpc) is 2.81. The number of nitrogens with one attached hydrogen (secondary N) is 1. The van der Waals surface area contributed by atoms with Crippen molar-refractivity contribution in [3.05, 3.63) is 33.9 Å². The van der Waals surface area contributed by atoms with Crippen LogP contribution in [0.5, 0.6) is 0 Å². The number of hydrogen-bond donors (Lipinski definition) is 1. The van der Waals surface area contributed by atoms with E-state index in [2.05, 4.69) is 5.32 Å². The molecule has 8 nitrogen and oxygen atoms in total. The van der Waals surface area contributed by atoms with E-state index in [0.717, 1.165) is 6.42 Å². The number of carbonyl (C=O) groups is 1. The Kier molecular flexibility index (Phi) is 5.14. The summed E-state index contributed by atoms with van der Waals surface area (Å²) in [6, 6.07) is 4.54. The standard InChI is InChI=1S/C19H27N3O5/c1-18(2)12-16(19(3,4)27-18)20-14-6-5-13(11-15(14)22(24)25)17(23)21-7-9-26-10-8-21/h5-6,11,16,20H,7-10,12H2,1-4H3. The third-order valence-electron chi connectivity index (χ3n) is 5.14. The molecule has 2 saturated heterocycles. The molecule has 1 N–H and O–H groups in total. The molecule has 1 aromatic carbocycles. The molecule has 8 heteroatoms. The maximum atomic E-state index is 12.6. The number of amides is 1. The predicted molar refractivity (Wildman–Crippen MR) is 101 cm³/mol. The van der Waals surface area contributed by atoms with Gasteiger partial charge >= 0.3 is 0 Å². The Labute approximate surface area is 159 Å². The van der Waals surface area contributed by atoms with Gasteiger partial charge in [0.2, 0.25) is 0 Å². The number of hydrogen-bond acceptors (Lipinski definition) is 6. The van der Waals surface area contributed by atoms with Crippen LogP contribution in [0.25, 0.3) is 0 Å². The van der Waals surface area contributed by atoms with Crippen LogP contribution in [-0.2, 0) is 9.47 Å². The number of nitro benzene ring substituents is 1. The van der Waals surface area contributed by atoms with E-state index in [-0.39, 0.29) is 23.2 Å². The van der Waals surface area contributed by atoms with Crippen LogP contribution in [0.4, 0.5) is 11.4 Å². The first-order chi connectivity index (χ1) is 12.6. The molecule has 2 aliphatic heterocycles. The Hall–Kier alpha value is -2.19. The molecule has 1 unspecified atom stereocenters. The second-order valence-electron chi connectivity index (χ2n) is 8.26. The van der Waals surface area contributed by atoms with Gasteiger partial charge in [0.15, 0.2) is 0 Å². The normalized spacial score (nSPS) is 23.9. The molecule has 1 aromatic rings. The number of anilines is 1. The molecular weight excluding hydrogens is 350 g/mol. The van der Waals surface area contributed by atoms with Gasteiger partial charge in [-0.25, -0.2) is 0 Å². The Morgan fingerprint density at radius 3 is 2.48 bits per heavy atom. The first-order valence-electron chi connectivity index (χ1n) is 9.21. The lowest BCUT2D eigenvalue weighted by Gasteiger charge is -2.28. The van der Waals surface area contributed by atoms with Crippen LogP contribution in [0.3, 0.4) is 0 Å². The fourth-order valence-electron chi connectivity index (χ4n) is 3.86. The van der Waals surface area contributed by atoms with Crippen molar-refractivity contribution in [2.75, 3.05) is 31.6 Å². The van der Waals surface area contributed by atoms with E-state index in [1.807, 2.05) is 27.7 Å². The highest BCUT2D eigenvalue weighted by molar-refractivity contribution is 5.95. The maximum absolute atomic E-state index is 12.6. The van der Waals surface area contributed by atoms with Crippen LogP contribution in [0.2, 0.25) is 0 Å². The molecule has 2 fully saturated rings. The summed E-state index contributed by atoms with van der Waals surface area (Å²) in [6.45, 7) is 9.93. The molecule has 1 amide bonds. The van der Waals surface area contributed by atoms with Crippen LogP contribution in [0, 0.1) is 10.1 Å². The van der Waals surface area contributed by atoms with Gasteiger partial charge in [-0.15, -0.1) is 0 Å². The molecule has 1 atom stereocenters. The zero-order chi connectivity index (χ0) is 19.8. The highest BCUT2D eigenvalue weighted by Gasteiger charge is 2.46. The van der Waals surface area contributed by atoms with Crippen molar-refractivity contribution >= 4 is 17.3 Å². The Balaban J connectivity index is 1.84. The molecule has 27 heavy (non-hydrogen) atoms. The van der Waals surface area contributed by atoms with Crippen LogP contribution < -0.4 is 5.32 Å². The van der Waals surface area contributed by atoms with E-state index in [9.17, 15) is 14.9 Å². The first-order valence-corrected chi connectivity index (χ1v) is 9.21. The Morgan fingerprint density at radius 2 is 1.93 bits per heavy atom. The van der Waals surface area contributed by atoms with Crippen molar-refractivity contribution < 1.29 is 19.2 Å². The fourth-order valence-corrected chi connectivity index (χ4v) is 3.86. The summed E-state index contributed by atoms with van der Waals surface area (Å²) in [7, 11) is 0. The predicted octanol–water partition coefficient (Wildman–Crippen LogP) is 2.83. The van der Waals surface area contributed by atoms with Crippen molar-refractivity contribution in [2.45, 2.75) is 51.4 Å². The van der Waals surface area contributed by atoms with E-state index in [1.165, 1.54) is 6.07 Å². The van der Waals surface area contributed by atoms with Crippen molar-refractivity contribution in [3.8, 4) is 0 Å². The third kappa shape index (κ3) is 4.22. The van der Waals surface area contributed by atoms with Gasteiger partial charge in [-0.1, -0.05) is 0 Å². The van der Waals surface area contributed by atoms with E-state index in [0.29, 0.717) is 37.6 Å². The first kappa shape index (κ1) is 19.6. The zero-order valence-electron chi connectivity index (χ0n) is 16.3. The third-order valence-corrected chi connectivity index (χ3v) is 5.14. The molecule has 2 heterocycles. The minimum Gasteiger partial charge on any atom is -0.378 e. The van der Waals surface area contributed by atoms with Gasteiger partial charge in [0, 0.05) is 24.7 Å². The summed E-state index contributed by atoms with van der Waals surface area (Å²) in [4.78, 5) is 25.5. The summed E-state index contributed by atoms with van der Waals surface area (Å²) in [5, 5.41) is 14.9. The summed E-state index contributed by atoms with van der Waals surface area (Å²) in [6.07, 6.45) is 0.728. The fraction of sp³-hybridized carbons (Fsp3) is 0.632. The average molecular weight is 377 g/mol. The van der Waals surface area contributed by atoms with Crippen molar-refractivity contribution in [2.24, 2.45) is 0 Å². The number of ether oxygens (including phenoxy) is 2. The maximum Gasteiger partial charge on any atom is 0.293 e. The Morgan fingerprint density at radius 1 is 1.26 bits per heavy atom. The van der Waals surface area contributed by atoms with Crippen LogP contribution in [0.15, 0.2) is 18.2 Å². The lowest BCUT2D eigenvalue weighted by molar-refractivity contribution is -0.384. The van der Waals surface area contributed by atoms with Gasteiger partial charge in [0.1, 0.15) is 5.69 Å². The molecule has 0 radical (unpaired) electrons. The SMILES string of the molecule is CC1(C)CC(Nc2ccc(C(=O)N3CCOCC3)cc2[N+](=O)[O-])C(C)(C)O1. The molecule has 0 spiro atoms. The van der Waals surface area contributed by atoms with Gasteiger partial charge in [-0.05, 0) is 46.2 Å². The molecule has 2 aliphatic rings. The summed E-state index contributed by atoms with van der Waals surface area (Å²) in [5.74, 6) is -0.210. The van der Waals surface area contributed by atoms with Crippen LogP contribution in [0.1, 0.15) is 44.5 Å². The molecule has 148 valence electrons. The van der Waals surface area contributed by atoms with Crippen LogP contribution in [-0.4, -0.2) is 59.3 Å². The highest BCUT2D eigenvalue weighted by atomic mass is 16.6. The molecule has 0 aliphatic carbocycles. The van der Waals surface area contributed by atoms with Crippen molar-refractivity contribution in [3.63, 3.8) is 0 Å². The molecular formula is C19H27N3O5. The van der Waals surface area contributed by atoms with Gasteiger partial charge < -0.3 is 19.7 Å². The number of nitrogens with zero attached hydrogens (tertiary/aromatic N) is 2. The second kappa shape index (κ2) is 7.09. The van der Waals surface area contributed by atoms with Gasteiger partial charge in [-0.2, -0.15) is 0 Å². The lowest BCUT2D eigenvalue weighted by Crippen LogP contribution is -2.40. The second-order valence-corrected chi connectivity index (χ2v) is 8.26. The van der Waals surface area contributed by atoms with E-state index in [1.54, 1.807) is 17.0 Å². The number of morpholine rings is 1. The monoisotopic (exact) mass is 377 g/mol. The van der Waals surface area contributed by atoms with Gasteiger partial charge in [-0.3, -0.25) is 14.9 Å². The minimum absolute atomic E-state index is 0.0769. The van der Waals surface area contributed by atoms with Crippen molar-refractivity contribution in [1.82, 2.24) is 4.90 Å². The smallest absolute Gasteiger partial charge is 0.293 e. The quantitative estimate of drug-likeness (QED) is 0.640. The van der Waals surface area contributed by atoms with E-state index < -0.39 is 10.5 Å². The highest BCUT2D eigenvalue weighted by Crippen LogP contribution is 2.40. The largest absolute Gasteiger partial charge is 0.378 e. The van der Waals surface area contributed by atoms with E-state index in [4.69, 9.17) is 9.47 Å². The molecule has 0 aromatic heterocycles. The lowest BCUT2D eigenvalue weighted by atomic mass is 9.94. The number of rotatable bonds is 4. The molecule has 0 saturated carbocycles. The molecule has 0 bridgehead atoms. The summed E-state index contributed by atoms with van der Waals surface area (Å²) < 4.78 is 11.3. The Bertz CT molecular complexity index is 741. The minimum atomic E-state index is -0.459. The van der Waals surface area contributed by atoms with E-state index >= 15 is 0 Å². The van der Waals surface area contributed by atoms with Crippen molar-refractivity contribution in [1.29, 1.82) is 0 Å². The summed E-state index contributed by atoms with van der Waals surface area (Å²) >= 11 is 0. The molecule has 3 rings (SSSR count). The van der Waals surface area contributed by atoms with Gasteiger partial charge in [0.05, 0.1) is 35.4 Å². The summed E-state index contributed by atoms with van der Waals surface area (Å²) in [5.41, 5.74) is -0.147. The number of benzene rings is 1. The topological polar surface area (TPSA) is 93.9 Å². The zero-order valence-corrected chi connectivity index (χ0v) is 16.3. The number of carbonyl (C=O) groups excluding carboxylic acids is 1.